The molecule has 2 aliphatic rings. The molecule has 7 nitrogen and oxygen atoms in total. The van der Waals surface area contributed by atoms with Gasteiger partial charge in [-0.05, 0) is 18.1 Å². The number of para-hydroxylation sites is 1. The first-order valence-corrected chi connectivity index (χ1v) is 9.32. The summed E-state index contributed by atoms with van der Waals surface area (Å²) in [5.41, 5.74) is 3.78. The van der Waals surface area contributed by atoms with Crippen LogP contribution in [0.4, 0.5) is 5.95 Å². The number of nitrogens with one attached hydrogen (secondary N) is 1. The fraction of sp³-hybridized carbons (Fsp3) is 0.350. The Morgan fingerprint density at radius 1 is 1.15 bits per heavy atom. The number of anilines is 1. The van der Waals surface area contributed by atoms with Crippen LogP contribution in [-0.2, 0) is 17.7 Å². The number of benzene rings is 1. The fourth-order valence-corrected chi connectivity index (χ4v) is 3.80. The van der Waals surface area contributed by atoms with Gasteiger partial charge in [-0.2, -0.15) is 0 Å². The van der Waals surface area contributed by atoms with Gasteiger partial charge in [0.15, 0.2) is 0 Å². The molecule has 0 spiro atoms. The number of H-pyrrole nitrogens is 1. The van der Waals surface area contributed by atoms with Gasteiger partial charge < -0.3 is 19.5 Å². The molecule has 2 aromatic heterocycles. The number of rotatable bonds is 2. The number of aromatic amines is 1. The van der Waals surface area contributed by atoms with E-state index in [1.54, 1.807) is 0 Å². The van der Waals surface area contributed by atoms with E-state index in [-0.39, 0.29) is 5.91 Å². The Kier molecular flexibility index (Phi) is 4.01. The summed E-state index contributed by atoms with van der Waals surface area (Å²) in [5.74, 6) is 0.781. The molecule has 1 fully saturated rings. The van der Waals surface area contributed by atoms with Crippen molar-refractivity contribution in [2.75, 3.05) is 37.7 Å². The lowest BCUT2D eigenvalue weighted by Gasteiger charge is -2.30. The predicted octanol–water partition coefficient (Wildman–Crippen LogP) is 1.99. The molecule has 0 aliphatic carbocycles. The molecule has 5 rings (SSSR count). The van der Waals surface area contributed by atoms with Gasteiger partial charge in [-0.1, -0.05) is 18.2 Å². The zero-order chi connectivity index (χ0) is 18.2. The van der Waals surface area contributed by atoms with Crippen molar-refractivity contribution in [3.05, 3.63) is 53.5 Å². The molecule has 3 aromatic rings. The predicted molar refractivity (Wildman–Crippen MR) is 102 cm³/mol. The number of aromatic nitrogens is 3. The maximum Gasteiger partial charge on any atom is 0.256 e. The summed E-state index contributed by atoms with van der Waals surface area (Å²) in [4.78, 5) is 29.6. The van der Waals surface area contributed by atoms with E-state index in [2.05, 4.69) is 14.9 Å². The second-order valence-electron chi connectivity index (χ2n) is 6.97. The fourth-order valence-electron chi connectivity index (χ4n) is 3.80. The SMILES string of the molecule is O=C(c1c[nH]c2ccccc12)N1CCc2cnc(N3CCOCC3)nc2C1. The number of morpholine rings is 1. The summed E-state index contributed by atoms with van der Waals surface area (Å²) in [6, 6.07) is 7.89. The first-order chi connectivity index (χ1) is 13.3. The van der Waals surface area contributed by atoms with Crippen LogP contribution in [0.15, 0.2) is 36.7 Å². The van der Waals surface area contributed by atoms with Crippen LogP contribution in [0.5, 0.6) is 0 Å². The largest absolute Gasteiger partial charge is 0.378 e. The summed E-state index contributed by atoms with van der Waals surface area (Å²) in [6.07, 6.45) is 4.51. The molecule has 0 bridgehead atoms. The van der Waals surface area contributed by atoms with Crippen LogP contribution in [-0.4, -0.2) is 58.6 Å². The van der Waals surface area contributed by atoms with E-state index in [9.17, 15) is 4.79 Å². The second-order valence-corrected chi connectivity index (χ2v) is 6.97. The molecule has 1 aromatic carbocycles. The van der Waals surface area contributed by atoms with Crippen LogP contribution in [0.1, 0.15) is 21.6 Å². The van der Waals surface area contributed by atoms with Gasteiger partial charge in [0, 0.05) is 42.9 Å². The molecular formula is C20H21N5O2. The zero-order valence-corrected chi connectivity index (χ0v) is 15.0. The number of hydrogen-bond acceptors (Lipinski definition) is 5. The Hall–Kier alpha value is -2.93. The number of hydrogen-bond donors (Lipinski definition) is 1. The molecule has 1 N–H and O–H groups in total. The third-order valence-corrected chi connectivity index (χ3v) is 5.33. The molecule has 4 heterocycles. The van der Waals surface area contributed by atoms with Gasteiger partial charge in [-0.25, -0.2) is 9.97 Å². The maximum absolute atomic E-state index is 13.1. The van der Waals surface area contributed by atoms with Gasteiger partial charge in [0.1, 0.15) is 0 Å². The highest BCUT2D eigenvalue weighted by Crippen LogP contribution is 2.24. The lowest BCUT2D eigenvalue weighted by atomic mass is 10.1. The highest BCUT2D eigenvalue weighted by atomic mass is 16.5. The molecule has 138 valence electrons. The molecule has 27 heavy (non-hydrogen) atoms. The van der Waals surface area contributed by atoms with Gasteiger partial charge in [0.25, 0.3) is 5.91 Å². The first-order valence-electron chi connectivity index (χ1n) is 9.32. The number of carbonyl (C=O) groups excluding carboxylic acids is 1. The molecule has 0 unspecified atom stereocenters. The Balaban J connectivity index is 1.40. The summed E-state index contributed by atoms with van der Waals surface area (Å²) in [7, 11) is 0. The quantitative estimate of drug-likeness (QED) is 0.754. The van der Waals surface area contributed by atoms with Crippen LogP contribution in [0.25, 0.3) is 10.9 Å². The maximum atomic E-state index is 13.1. The normalized spacial score (nSPS) is 17.2. The van der Waals surface area contributed by atoms with E-state index in [1.165, 1.54) is 0 Å². The molecule has 1 amide bonds. The van der Waals surface area contributed by atoms with E-state index in [4.69, 9.17) is 9.72 Å². The molecular weight excluding hydrogens is 342 g/mol. The second kappa shape index (κ2) is 6.66. The Morgan fingerprint density at radius 3 is 2.89 bits per heavy atom. The van der Waals surface area contributed by atoms with Crippen molar-refractivity contribution >= 4 is 22.8 Å². The summed E-state index contributed by atoms with van der Waals surface area (Å²) >= 11 is 0. The van der Waals surface area contributed by atoms with Gasteiger partial charge in [-0.3, -0.25) is 4.79 Å². The van der Waals surface area contributed by atoms with Crippen molar-refractivity contribution in [1.82, 2.24) is 19.9 Å². The van der Waals surface area contributed by atoms with Crippen LogP contribution >= 0.6 is 0 Å². The summed E-state index contributed by atoms with van der Waals surface area (Å²) in [6.45, 7) is 4.21. The van der Waals surface area contributed by atoms with Crippen molar-refractivity contribution in [2.24, 2.45) is 0 Å². The van der Waals surface area contributed by atoms with Crippen molar-refractivity contribution in [3.63, 3.8) is 0 Å². The lowest BCUT2D eigenvalue weighted by Crippen LogP contribution is -2.39. The van der Waals surface area contributed by atoms with Crippen LogP contribution in [0, 0.1) is 0 Å². The van der Waals surface area contributed by atoms with E-state index < -0.39 is 0 Å². The lowest BCUT2D eigenvalue weighted by molar-refractivity contribution is 0.0733. The monoisotopic (exact) mass is 363 g/mol. The smallest absolute Gasteiger partial charge is 0.256 e. The minimum atomic E-state index is 0.0460. The number of carbonyl (C=O) groups is 1. The van der Waals surface area contributed by atoms with Gasteiger partial charge in [0.05, 0.1) is 31.0 Å². The van der Waals surface area contributed by atoms with Crippen LogP contribution in [0.2, 0.25) is 0 Å². The molecule has 0 saturated carbocycles. The van der Waals surface area contributed by atoms with E-state index in [0.29, 0.717) is 26.3 Å². The topological polar surface area (TPSA) is 74.4 Å². The minimum absolute atomic E-state index is 0.0460. The number of amides is 1. The third kappa shape index (κ3) is 2.94. The molecule has 7 heteroatoms. The number of nitrogens with zero attached hydrogens (tertiary/aromatic N) is 4. The summed E-state index contributed by atoms with van der Waals surface area (Å²) < 4.78 is 5.41. The van der Waals surface area contributed by atoms with Crippen molar-refractivity contribution in [2.45, 2.75) is 13.0 Å². The van der Waals surface area contributed by atoms with Crippen LogP contribution in [0.3, 0.4) is 0 Å². The third-order valence-electron chi connectivity index (χ3n) is 5.33. The molecule has 2 aliphatic heterocycles. The average molecular weight is 363 g/mol. The highest BCUT2D eigenvalue weighted by Gasteiger charge is 2.26. The summed E-state index contributed by atoms with van der Waals surface area (Å²) in [5, 5.41) is 0.963. The molecule has 0 atom stereocenters. The van der Waals surface area contributed by atoms with E-state index >= 15 is 0 Å². The van der Waals surface area contributed by atoms with Crippen molar-refractivity contribution in [1.29, 1.82) is 0 Å². The molecule has 1 saturated heterocycles. The number of fused-ring (bicyclic) bond motifs is 2. The Labute approximate surface area is 157 Å². The van der Waals surface area contributed by atoms with E-state index in [0.717, 1.165) is 53.2 Å². The zero-order valence-electron chi connectivity index (χ0n) is 15.0. The number of ether oxygens (including phenoxy) is 1. The van der Waals surface area contributed by atoms with Gasteiger partial charge in [-0.15, -0.1) is 0 Å². The van der Waals surface area contributed by atoms with Gasteiger partial charge in [0.2, 0.25) is 5.95 Å². The van der Waals surface area contributed by atoms with Crippen LogP contribution < -0.4 is 4.90 Å². The molecule has 0 radical (unpaired) electrons. The van der Waals surface area contributed by atoms with Gasteiger partial charge >= 0.3 is 0 Å². The van der Waals surface area contributed by atoms with Crippen molar-refractivity contribution < 1.29 is 9.53 Å². The average Bonchev–Trinajstić information content (AvgIpc) is 3.17. The highest BCUT2D eigenvalue weighted by molar-refractivity contribution is 6.06. The van der Waals surface area contributed by atoms with Crippen molar-refractivity contribution in [3.8, 4) is 0 Å². The first kappa shape index (κ1) is 16.3. The minimum Gasteiger partial charge on any atom is -0.378 e. The standard InChI is InChI=1S/C20H21N5O2/c26-19(16-12-21-17-4-2-1-3-15(16)17)25-6-5-14-11-22-20(23-18(14)13-25)24-7-9-27-10-8-24/h1-4,11-12,21H,5-10,13H2. The Bertz CT molecular complexity index is 993. The van der Waals surface area contributed by atoms with E-state index in [1.807, 2.05) is 41.6 Å². The Morgan fingerprint density at radius 2 is 2.00 bits per heavy atom.